The van der Waals surface area contributed by atoms with Crippen LogP contribution in [0.4, 0.5) is 0 Å². The first-order valence-electron chi connectivity index (χ1n) is 6.64. The Bertz CT molecular complexity index is 366. The second kappa shape index (κ2) is 4.78. The Morgan fingerprint density at radius 3 is 2.56 bits per heavy atom. The van der Waals surface area contributed by atoms with Crippen LogP contribution in [0.15, 0.2) is 0 Å². The lowest BCUT2D eigenvalue weighted by Gasteiger charge is -2.47. The van der Waals surface area contributed by atoms with Crippen molar-refractivity contribution in [1.82, 2.24) is 4.90 Å². The summed E-state index contributed by atoms with van der Waals surface area (Å²) in [5, 5.41) is 9.44. The van der Waals surface area contributed by atoms with E-state index >= 15 is 0 Å². The molecule has 3 N–H and O–H groups in total. The normalized spacial score (nSPS) is 39.5. The van der Waals surface area contributed by atoms with E-state index in [0.29, 0.717) is 23.4 Å². The second-order valence-corrected chi connectivity index (χ2v) is 6.41. The van der Waals surface area contributed by atoms with Gasteiger partial charge in [0.25, 0.3) is 0 Å². The van der Waals surface area contributed by atoms with Crippen LogP contribution in [0.3, 0.4) is 0 Å². The highest BCUT2D eigenvalue weighted by atomic mass is 32.1. The fourth-order valence-electron chi connectivity index (χ4n) is 3.42. The molecular weight excluding hydrogens is 248 g/mol. The molecule has 4 nitrogen and oxygen atoms in total. The fourth-order valence-corrected chi connectivity index (χ4v) is 3.68. The minimum atomic E-state index is -0.633. The molecule has 0 radical (unpaired) electrons. The minimum Gasteiger partial charge on any atom is -0.394 e. The Balaban J connectivity index is 2.18. The van der Waals surface area contributed by atoms with Crippen molar-refractivity contribution in [3.05, 3.63) is 0 Å². The Labute approximate surface area is 114 Å². The number of nitrogens with two attached hydrogens (primary N) is 1. The van der Waals surface area contributed by atoms with Gasteiger partial charge in [-0.15, -0.1) is 0 Å². The van der Waals surface area contributed by atoms with Crippen molar-refractivity contribution >= 4 is 23.1 Å². The Morgan fingerprint density at radius 2 is 2.11 bits per heavy atom. The van der Waals surface area contributed by atoms with Gasteiger partial charge in [-0.1, -0.05) is 26.1 Å². The molecule has 1 aliphatic carbocycles. The standard InChI is InChI=1S/C13H22N2O2S/c1-8-5-13(6-8,11(14)18)12(17)15-4-3-9(2)10(15)7-16/h8-10,16H,3-7H2,1-2H3,(H2,14,18). The SMILES string of the molecule is CC1CC(C(=O)N2CCC(C)C2CO)(C(N)=S)C1. The molecule has 1 saturated heterocycles. The van der Waals surface area contributed by atoms with Gasteiger partial charge in [0.2, 0.25) is 5.91 Å². The zero-order valence-corrected chi connectivity index (χ0v) is 11.9. The number of hydrogen-bond donors (Lipinski definition) is 2. The molecule has 1 amide bonds. The van der Waals surface area contributed by atoms with E-state index in [4.69, 9.17) is 18.0 Å². The largest absolute Gasteiger partial charge is 0.394 e. The van der Waals surface area contributed by atoms with Gasteiger partial charge in [-0.25, -0.2) is 0 Å². The lowest BCUT2D eigenvalue weighted by molar-refractivity contribution is -0.146. The maximum atomic E-state index is 12.7. The molecule has 5 heteroatoms. The van der Waals surface area contributed by atoms with Crippen molar-refractivity contribution < 1.29 is 9.90 Å². The smallest absolute Gasteiger partial charge is 0.235 e. The summed E-state index contributed by atoms with van der Waals surface area (Å²) in [6.45, 7) is 4.92. The van der Waals surface area contributed by atoms with E-state index in [1.54, 1.807) is 4.90 Å². The van der Waals surface area contributed by atoms with Crippen LogP contribution >= 0.6 is 12.2 Å². The van der Waals surface area contributed by atoms with E-state index in [1.165, 1.54) is 0 Å². The van der Waals surface area contributed by atoms with Gasteiger partial charge in [-0.2, -0.15) is 0 Å². The number of thiocarbonyl (C=S) groups is 1. The van der Waals surface area contributed by atoms with E-state index in [1.807, 2.05) is 0 Å². The van der Waals surface area contributed by atoms with Crippen LogP contribution in [-0.2, 0) is 4.79 Å². The average Bonchev–Trinajstić information content (AvgIpc) is 2.64. The zero-order chi connectivity index (χ0) is 13.5. The first-order valence-corrected chi connectivity index (χ1v) is 7.05. The van der Waals surface area contributed by atoms with Gasteiger partial charge in [0.1, 0.15) is 0 Å². The average molecular weight is 270 g/mol. The van der Waals surface area contributed by atoms with Crippen LogP contribution in [-0.4, -0.2) is 40.1 Å². The predicted octanol–water partition coefficient (Wildman–Crippen LogP) is 0.918. The lowest BCUT2D eigenvalue weighted by atomic mass is 9.61. The van der Waals surface area contributed by atoms with Crippen LogP contribution in [0.1, 0.15) is 33.1 Å². The van der Waals surface area contributed by atoms with Gasteiger partial charge in [0, 0.05) is 6.54 Å². The molecule has 18 heavy (non-hydrogen) atoms. The van der Waals surface area contributed by atoms with Gasteiger partial charge in [0.05, 0.1) is 23.1 Å². The third-order valence-corrected chi connectivity index (χ3v) is 5.00. The summed E-state index contributed by atoms with van der Waals surface area (Å²) in [6, 6.07) is -0.0698. The molecule has 0 aromatic carbocycles. The molecule has 2 aliphatic rings. The molecule has 2 atom stereocenters. The topological polar surface area (TPSA) is 66.6 Å². The first-order chi connectivity index (χ1) is 8.42. The number of likely N-dealkylation sites (tertiary alicyclic amines) is 1. The fraction of sp³-hybridized carbons (Fsp3) is 0.846. The number of aliphatic hydroxyl groups is 1. The highest BCUT2D eigenvalue weighted by molar-refractivity contribution is 7.80. The first kappa shape index (κ1) is 13.7. The van der Waals surface area contributed by atoms with Crippen molar-refractivity contribution in [1.29, 1.82) is 0 Å². The maximum Gasteiger partial charge on any atom is 0.235 e. The van der Waals surface area contributed by atoms with Crippen LogP contribution in [0.5, 0.6) is 0 Å². The van der Waals surface area contributed by atoms with E-state index < -0.39 is 5.41 Å². The molecule has 2 rings (SSSR count). The van der Waals surface area contributed by atoms with Crippen molar-refractivity contribution in [2.75, 3.05) is 13.2 Å². The lowest BCUT2D eigenvalue weighted by Crippen LogP contribution is -2.58. The molecule has 0 spiro atoms. The third kappa shape index (κ3) is 1.93. The summed E-state index contributed by atoms with van der Waals surface area (Å²) in [5.41, 5.74) is 5.17. The van der Waals surface area contributed by atoms with Gasteiger partial charge >= 0.3 is 0 Å². The van der Waals surface area contributed by atoms with Crippen molar-refractivity contribution in [3.63, 3.8) is 0 Å². The Kier molecular flexibility index (Phi) is 3.65. The summed E-state index contributed by atoms with van der Waals surface area (Å²) in [7, 11) is 0. The number of carbonyl (C=O) groups excluding carboxylic acids is 1. The number of amides is 1. The molecule has 1 heterocycles. The summed E-state index contributed by atoms with van der Waals surface area (Å²) < 4.78 is 0. The minimum absolute atomic E-state index is 0.0237. The molecule has 1 aliphatic heterocycles. The summed E-state index contributed by atoms with van der Waals surface area (Å²) >= 11 is 5.12. The number of rotatable bonds is 3. The van der Waals surface area contributed by atoms with Crippen LogP contribution in [0.25, 0.3) is 0 Å². The highest BCUT2D eigenvalue weighted by Gasteiger charge is 2.54. The van der Waals surface area contributed by atoms with Crippen molar-refractivity contribution in [2.45, 2.75) is 39.2 Å². The molecule has 0 aromatic rings. The second-order valence-electron chi connectivity index (χ2n) is 5.97. The van der Waals surface area contributed by atoms with Crippen LogP contribution < -0.4 is 5.73 Å². The number of nitrogens with zero attached hydrogens (tertiary/aromatic N) is 1. The predicted molar refractivity (Wildman–Crippen MR) is 74.0 cm³/mol. The third-order valence-electron chi connectivity index (χ3n) is 4.61. The van der Waals surface area contributed by atoms with Crippen LogP contribution in [0, 0.1) is 17.3 Å². The molecule has 1 saturated carbocycles. The number of hydrogen-bond acceptors (Lipinski definition) is 3. The summed E-state index contributed by atoms with van der Waals surface area (Å²) in [6.07, 6.45) is 2.45. The molecule has 2 fully saturated rings. The van der Waals surface area contributed by atoms with Crippen molar-refractivity contribution in [2.24, 2.45) is 23.0 Å². The highest BCUT2D eigenvalue weighted by Crippen LogP contribution is 2.48. The zero-order valence-electron chi connectivity index (χ0n) is 11.1. The van der Waals surface area contributed by atoms with Gasteiger partial charge < -0.3 is 15.7 Å². The Hall–Kier alpha value is -0.680. The molecule has 102 valence electrons. The molecular formula is C13H22N2O2S. The Morgan fingerprint density at radius 1 is 1.50 bits per heavy atom. The van der Waals surface area contributed by atoms with Gasteiger partial charge in [-0.05, 0) is 31.1 Å². The maximum absolute atomic E-state index is 12.7. The van der Waals surface area contributed by atoms with E-state index in [0.717, 1.165) is 19.3 Å². The van der Waals surface area contributed by atoms with Gasteiger partial charge in [0.15, 0.2) is 0 Å². The number of carbonyl (C=O) groups is 1. The molecule has 0 bridgehead atoms. The van der Waals surface area contributed by atoms with E-state index in [2.05, 4.69) is 13.8 Å². The van der Waals surface area contributed by atoms with Crippen molar-refractivity contribution in [3.8, 4) is 0 Å². The summed E-state index contributed by atoms with van der Waals surface area (Å²) in [5.74, 6) is 0.888. The molecule has 2 unspecified atom stereocenters. The monoisotopic (exact) mass is 270 g/mol. The van der Waals surface area contributed by atoms with E-state index in [-0.39, 0.29) is 18.6 Å². The van der Waals surface area contributed by atoms with Gasteiger partial charge in [-0.3, -0.25) is 4.79 Å². The molecule has 0 aromatic heterocycles. The number of aliphatic hydroxyl groups excluding tert-OH is 1. The van der Waals surface area contributed by atoms with E-state index in [9.17, 15) is 9.90 Å². The quantitative estimate of drug-likeness (QED) is 0.748. The van der Waals surface area contributed by atoms with Crippen LogP contribution in [0.2, 0.25) is 0 Å². The summed E-state index contributed by atoms with van der Waals surface area (Å²) in [4.78, 5) is 14.8.